The van der Waals surface area contributed by atoms with E-state index in [0.717, 1.165) is 31.5 Å². The highest BCUT2D eigenvalue weighted by atomic mass is 32.1. The molecule has 2 unspecified atom stereocenters. The number of thiophene rings is 1. The van der Waals surface area contributed by atoms with Gasteiger partial charge in [-0.25, -0.2) is 0 Å². The Hall–Kier alpha value is -1.07. The summed E-state index contributed by atoms with van der Waals surface area (Å²) in [6.45, 7) is 10.1. The second kappa shape index (κ2) is 9.16. The van der Waals surface area contributed by atoms with Crippen LogP contribution in [0, 0.1) is 5.92 Å². The van der Waals surface area contributed by atoms with Gasteiger partial charge in [0, 0.05) is 33.2 Å². The summed E-state index contributed by atoms with van der Waals surface area (Å²) in [6.07, 6.45) is 2.72. The number of hydrogen-bond acceptors (Lipinski definition) is 3. The van der Waals surface area contributed by atoms with Gasteiger partial charge in [-0.1, -0.05) is 13.8 Å². The minimum Gasteiger partial charge on any atom is -0.356 e. The Morgan fingerprint density at radius 3 is 3.05 bits per heavy atom. The third kappa shape index (κ3) is 5.61. The van der Waals surface area contributed by atoms with Gasteiger partial charge < -0.3 is 15.5 Å². The van der Waals surface area contributed by atoms with Crippen molar-refractivity contribution in [3.8, 4) is 0 Å². The molecule has 0 saturated carbocycles. The molecule has 1 aliphatic rings. The van der Waals surface area contributed by atoms with Gasteiger partial charge in [-0.05, 0) is 53.6 Å². The normalized spacial score (nSPS) is 21.6. The van der Waals surface area contributed by atoms with E-state index in [0.29, 0.717) is 5.92 Å². The highest BCUT2D eigenvalue weighted by Crippen LogP contribution is 2.17. The maximum absolute atomic E-state index is 4.32. The lowest BCUT2D eigenvalue weighted by molar-refractivity contribution is 0.187. The molecule has 1 fully saturated rings. The molecule has 1 saturated heterocycles. The predicted molar refractivity (Wildman–Crippen MR) is 96.9 cm³/mol. The molecular weight excluding hydrogens is 292 g/mol. The minimum absolute atomic E-state index is 0.507. The molecule has 2 heterocycles. The average molecular weight is 323 g/mol. The van der Waals surface area contributed by atoms with Crippen LogP contribution in [0.15, 0.2) is 21.8 Å². The van der Waals surface area contributed by atoms with Crippen LogP contribution in [0.4, 0.5) is 0 Å². The first-order valence-electron chi connectivity index (χ1n) is 8.38. The Morgan fingerprint density at radius 2 is 2.36 bits per heavy atom. The van der Waals surface area contributed by atoms with Crippen LogP contribution in [-0.2, 0) is 0 Å². The van der Waals surface area contributed by atoms with E-state index in [1.165, 1.54) is 31.5 Å². The van der Waals surface area contributed by atoms with E-state index in [4.69, 9.17) is 0 Å². The SMILES string of the molecule is CN=C(NCCN1CCCC(C)C1)NCC(C)c1ccsc1. The lowest BCUT2D eigenvalue weighted by Gasteiger charge is -2.30. The minimum atomic E-state index is 0.507. The van der Waals surface area contributed by atoms with Crippen LogP contribution in [0.3, 0.4) is 0 Å². The molecule has 0 aliphatic carbocycles. The molecule has 124 valence electrons. The van der Waals surface area contributed by atoms with Crippen molar-refractivity contribution in [3.05, 3.63) is 22.4 Å². The van der Waals surface area contributed by atoms with Crippen molar-refractivity contribution in [2.24, 2.45) is 10.9 Å². The van der Waals surface area contributed by atoms with Crippen molar-refractivity contribution >= 4 is 17.3 Å². The van der Waals surface area contributed by atoms with Gasteiger partial charge in [0.1, 0.15) is 0 Å². The van der Waals surface area contributed by atoms with Crippen molar-refractivity contribution in [2.45, 2.75) is 32.6 Å². The molecule has 1 aromatic heterocycles. The number of nitrogens with one attached hydrogen (secondary N) is 2. The van der Waals surface area contributed by atoms with E-state index < -0.39 is 0 Å². The molecule has 0 bridgehead atoms. The molecule has 0 radical (unpaired) electrons. The lowest BCUT2D eigenvalue weighted by atomic mass is 10.0. The largest absolute Gasteiger partial charge is 0.356 e. The predicted octanol–water partition coefficient (Wildman–Crippen LogP) is 2.75. The Morgan fingerprint density at radius 1 is 1.50 bits per heavy atom. The van der Waals surface area contributed by atoms with Gasteiger partial charge in [0.05, 0.1) is 0 Å². The zero-order valence-electron chi connectivity index (χ0n) is 14.1. The van der Waals surface area contributed by atoms with Crippen LogP contribution in [-0.4, -0.2) is 50.6 Å². The summed E-state index contributed by atoms with van der Waals surface area (Å²) >= 11 is 1.76. The van der Waals surface area contributed by atoms with Crippen molar-refractivity contribution < 1.29 is 0 Å². The highest BCUT2D eigenvalue weighted by Gasteiger charge is 2.15. The van der Waals surface area contributed by atoms with Gasteiger partial charge in [0.2, 0.25) is 0 Å². The van der Waals surface area contributed by atoms with Crippen molar-refractivity contribution in [3.63, 3.8) is 0 Å². The van der Waals surface area contributed by atoms with Crippen LogP contribution in [0.25, 0.3) is 0 Å². The number of aliphatic imine (C=N–C) groups is 1. The summed E-state index contributed by atoms with van der Waals surface area (Å²) in [4.78, 5) is 6.88. The highest BCUT2D eigenvalue weighted by molar-refractivity contribution is 7.07. The zero-order chi connectivity index (χ0) is 15.8. The number of hydrogen-bond donors (Lipinski definition) is 2. The molecule has 0 aromatic carbocycles. The fourth-order valence-electron chi connectivity index (χ4n) is 2.97. The fraction of sp³-hybridized carbons (Fsp3) is 0.706. The van der Waals surface area contributed by atoms with Gasteiger partial charge in [-0.3, -0.25) is 4.99 Å². The molecule has 0 amide bonds. The third-order valence-corrected chi connectivity index (χ3v) is 5.07. The maximum Gasteiger partial charge on any atom is 0.191 e. The van der Waals surface area contributed by atoms with Crippen LogP contribution >= 0.6 is 11.3 Å². The molecule has 0 spiro atoms. The first-order valence-corrected chi connectivity index (χ1v) is 9.32. The first-order chi connectivity index (χ1) is 10.7. The molecule has 2 atom stereocenters. The van der Waals surface area contributed by atoms with Gasteiger partial charge in [-0.2, -0.15) is 11.3 Å². The van der Waals surface area contributed by atoms with E-state index >= 15 is 0 Å². The molecule has 2 N–H and O–H groups in total. The molecule has 1 aromatic rings. The molecule has 2 rings (SSSR count). The van der Waals surface area contributed by atoms with Crippen molar-refractivity contribution in [1.29, 1.82) is 0 Å². The molecule has 22 heavy (non-hydrogen) atoms. The number of piperidine rings is 1. The lowest BCUT2D eigenvalue weighted by Crippen LogP contribution is -2.44. The Labute approximate surface area is 139 Å². The smallest absolute Gasteiger partial charge is 0.191 e. The topological polar surface area (TPSA) is 39.7 Å². The van der Waals surface area contributed by atoms with Crippen LogP contribution < -0.4 is 10.6 Å². The molecule has 5 heteroatoms. The summed E-state index contributed by atoms with van der Waals surface area (Å²) < 4.78 is 0. The summed E-state index contributed by atoms with van der Waals surface area (Å²) in [6, 6.07) is 2.20. The number of rotatable bonds is 6. The maximum atomic E-state index is 4.32. The van der Waals surface area contributed by atoms with Gasteiger partial charge in [-0.15, -0.1) is 0 Å². The van der Waals surface area contributed by atoms with Gasteiger partial charge in [0.25, 0.3) is 0 Å². The van der Waals surface area contributed by atoms with Crippen molar-refractivity contribution in [2.75, 3.05) is 39.8 Å². The first kappa shape index (κ1) is 17.3. The summed E-state index contributed by atoms with van der Waals surface area (Å²) in [5, 5.41) is 11.2. The van der Waals surface area contributed by atoms with E-state index in [-0.39, 0.29) is 0 Å². The third-order valence-electron chi connectivity index (χ3n) is 4.37. The van der Waals surface area contributed by atoms with Crippen LogP contribution in [0.2, 0.25) is 0 Å². The second-order valence-electron chi connectivity index (χ2n) is 6.39. The molecular formula is C17H30N4S. The zero-order valence-corrected chi connectivity index (χ0v) is 15.0. The van der Waals surface area contributed by atoms with Gasteiger partial charge >= 0.3 is 0 Å². The van der Waals surface area contributed by atoms with Crippen LogP contribution in [0.5, 0.6) is 0 Å². The fourth-order valence-corrected chi connectivity index (χ4v) is 3.75. The van der Waals surface area contributed by atoms with E-state index in [1.807, 2.05) is 7.05 Å². The summed E-state index contributed by atoms with van der Waals surface area (Å²) in [5.74, 6) is 2.26. The Bertz CT molecular complexity index is 444. The van der Waals surface area contributed by atoms with Crippen LogP contribution in [0.1, 0.15) is 38.2 Å². The Kier molecular flexibility index (Phi) is 7.19. The number of guanidine groups is 1. The average Bonchev–Trinajstić information content (AvgIpc) is 3.05. The second-order valence-corrected chi connectivity index (χ2v) is 7.17. The van der Waals surface area contributed by atoms with Gasteiger partial charge in [0.15, 0.2) is 5.96 Å². The van der Waals surface area contributed by atoms with E-state index in [9.17, 15) is 0 Å². The number of likely N-dealkylation sites (tertiary alicyclic amines) is 1. The quantitative estimate of drug-likeness (QED) is 0.625. The van der Waals surface area contributed by atoms with E-state index in [2.05, 4.69) is 51.2 Å². The Balaban J connectivity index is 1.65. The van der Waals surface area contributed by atoms with Crippen molar-refractivity contribution in [1.82, 2.24) is 15.5 Å². The summed E-state index contributed by atoms with van der Waals surface area (Å²) in [5.41, 5.74) is 1.40. The number of nitrogens with zero attached hydrogens (tertiary/aromatic N) is 2. The summed E-state index contributed by atoms with van der Waals surface area (Å²) in [7, 11) is 1.84. The molecule has 1 aliphatic heterocycles. The monoisotopic (exact) mass is 322 g/mol. The molecule has 4 nitrogen and oxygen atoms in total. The van der Waals surface area contributed by atoms with E-state index in [1.54, 1.807) is 11.3 Å². The standard InChI is InChI=1S/C17H30N4S/c1-14-5-4-8-21(12-14)9-7-19-17(18-3)20-11-15(2)16-6-10-22-13-16/h6,10,13-15H,4-5,7-9,11-12H2,1-3H3,(H2,18,19,20).